The Morgan fingerprint density at radius 2 is 1.62 bits per heavy atom. The minimum Gasteiger partial charge on any atom is -0.396 e. The number of halogens is 3. The molecule has 0 fully saturated rings. The van der Waals surface area contributed by atoms with Crippen molar-refractivity contribution >= 4 is 34.8 Å². The van der Waals surface area contributed by atoms with Gasteiger partial charge in [0.25, 0.3) is 0 Å². The van der Waals surface area contributed by atoms with Gasteiger partial charge in [0, 0.05) is 12.2 Å². The fourth-order valence-electron chi connectivity index (χ4n) is 0.989. The average molecular weight is 240 g/mol. The molecule has 1 rings (SSSR count). The summed E-state index contributed by atoms with van der Waals surface area (Å²) in [5, 5.41) is 8.67. The largest absolute Gasteiger partial charge is 0.396 e. The topological polar surface area (TPSA) is 20.2 Å². The lowest BCUT2D eigenvalue weighted by Crippen LogP contribution is -2.00. The van der Waals surface area contributed by atoms with E-state index in [1.165, 1.54) is 0 Å². The Labute approximate surface area is 92.2 Å². The second-order valence-electron chi connectivity index (χ2n) is 2.67. The molecule has 4 heteroatoms. The number of aliphatic hydroxyl groups is 1. The maximum absolute atomic E-state index is 8.67. The Hall–Kier alpha value is 0.0500. The third-order valence-corrected chi connectivity index (χ3v) is 2.34. The highest BCUT2D eigenvalue weighted by Gasteiger charge is 2.21. The zero-order valence-corrected chi connectivity index (χ0v) is 9.07. The maximum Gasteiger partial charge on any atom is 0.216 e. The van der Waals surface area contributed by atoms with Crippen molar-refractivity contribution in [1.29, 1.82) is 0 Å². The fraction of sp³-hybridized carbons (Fsp3) is 0.333. The van der Waals surface area contributed by atoms with E-state index in [1.54, 1.807) is 12.1 Å². The van der Waals surface area contributed by atoms with Crippen molar-refractivity contribution < 1.29 is 5.11 Å². The van der Waals surface area contributed by atoms with Gasteiger partial charge < -0.3 is 5.11 Å². The third-order valence-electron chi connectivity index (χ3n) is 1.68. The van der Waals surface area contributed by atoms with Crippen molar-refractivity contribution in [1.82, 2.24) is 0 Å². The van der Waals surface area contributed by atoms with Gasteiger partial charge in [-0.1, -0.05) is 59.1 Å². The van der Waals surface area contributed by atoms with Gasteiger partial charge in [0.2, 0.25) is 3.79 Å². The average Bonchev–Trinajstić information content (AvgIpc) is 2.04. The first kappa shape index (κ1) is 11.1. The van der Waals surface area contributed by atoms with Crippen LogP contribution in [-0.2, 0) is 10.2 Å². The third kappa shape index (κ3) is 3.35. The van der Waals surface area contributed by atoms with Crippen LogP contribution < -0.4 is 0 Å². The van der Waals surface area contributed by atoms with E-state index in [1.807, 2.05) is 12.1 Å². The van der Waals surface area contributed by atoms with E-state index in [0.29, 0.717) is 12.0 Å². The summed E-state index contributed by atoms with van der Waals surface area (Å²) in [6.45, 7) is 0.132. The van der Waals surface area contributed by atoms with Crippen LogP contribution in [0.15, 0.2) is 24.3 Å². The Kier molecular flexibility index (Phi) is 3.87. The predicted molar refractivity (Wildman–Crippen MR) is 56.5 cm³/mol. The van der Waals surface area contributed by atoms with Crippen molar-refractivity contribution in [2.75, 3.05) is 6.61 Å². The molecule has 0 aliphatic rings. The lowest BCUT2D eigenvalue weighted by atomic mass is 10.1. The fourth-order valence-corrected chi connectivity index (χ4v) is 1.37. The Balaban J connectivity index is 2.81. The van der Waals surface area contributed by atoms with Crippen LogP contribution >= 0.6 is 34.8 Å². The number of hydrogen-bond acceptors (Lipinski definition) is 1. The molecule has 13 heavy (non-hydrogen) atoms. The van der Waals surface area contributed by atoms with Gasteiger partial charge in [0.1, 0.15) is 0 Å². The minimum absolute atomic E-state index is 0.132. The highest BCUT2D eigenvalue weighted by Crippen LogP contribution is 2.37. The molecular weight excluding hydrogens is 230 g/mol. The van der Waals surface area contributed by atoms with Crippen molar-refractivity contribution in [3.8, 4) is 0 Å². The number of alkyl halides is 3. The Morgan fingerprint density at radius 3 is 2.00 bits per heavy atom. The molecule has 0 aliphatic carbocycles. The molecule has 1 N–H and O–H groups in total. The molecule has 1 aromatic carbocycles. The molecule has 0 amide bonds. The quantitative estimate of drug-likeness (QED) is 0.787. The van der Waals surface area contributed by atoms with Crippen LogP contribution in [0.1, 0.15) is 11.1 Å². The van der Waals surface area contributed by atoms with Crippen molar-refractivity contribution in [3.05, 3.63) is 35.4 Å². The van der Waals surface area contributed by atoms with E-state index in [9.17, 15) is 0 Å². The normalized spacial score (nSPS) is 11.7. The lowest BCUT2D eigenvalue weighted by molar-refractivity contribution is 0.299. The van der Waals surface area contributed by atoms with E-state index in [4.69, 9.17) is 39.9 Å². The smallest absolute Gasteiger partial charge is 0.216 e. The monoisotopic (exact) mass is 238 g/mol. The number of aliphatic hydroxyl groups excluding tert-OH is 1. The Bertz CT molecular complexity index is 263. The molecule has 0 heterocycles. The SMILES string of the molecule is OCCc1ccc(C(Cl)(Cl)Cl)cc1. The molecule has 0 spiro atoms. The van der Waals surface area contributed by atoms with Crippen LogP contribution in [0.2, 0.25) is 0 Å². The second-order valence-corrected chi connectivity index (χ2v) is 4.95. The molecule has 72 valence electrons. The van der Waals surface area contributed by atoms with E-state index >= 15 is 0 Å². The van der Waals surface area contributed by atoms with Gasteiger partial charge in [-0.3, -0.25) is 0 Å². The molecule has 0 saturated carbocycles. The summed E-state index contributed by atoms with van der Waals surface area (Å²) in [5.74, 6) is 0. The first-order chi connectivity index (χ1) is 6.04. The van der Waals surface area contributed by atoms with E-state index in [-0.39, 0.29) is 6.61 Å². The molecule has 1 nitrogen and oxygen atoms in total. The van der Waals surface area contributed by atoms with Crippen LogP contribution in [0.3, 0.4) is 0 Å². The highest BCUT2D eigenvalue weighted by molar-refractivity contribution is 6.66. The summed E-state index contributed by atoms with van der Waals surface area (Å²) in [4.78, 5) is 0. The Morgan fingerprint density at radius 1 is 1.08 bits per heavy atom. The zero-order chi connectivity index (χ0) is 9.90. The van der Waals surface area contributed by atoms with Crippen molar-refractivity contribution in [3.63, 3.8) is 0 Å². The molecule has 0 bridgehead atoms. The summed E-state index contributed by atoms with van der Waals surface area (Å²) in [5.41, 5.74) is 1.67. The van der Waals surface area contributed by atoms with Crippen LogP contribution in [-0.4, -0.2) is 11.7 Å². The maximum atomic E-state index is 8.67. The van der Waals surface area contributed by atoms with Crippen LogP contribution in [0, 0.1) is 0 Å². The van der Waals surface area contributed by atoms with E-state index < -0.39 is 3.79 Å². The number of benzene rings is 1. The molecule has 0 saturated heterocycles. The summed E-state index contributed by atoms with van der Waals surface area (Å²) >= 11 is 17.0. The van der Waals surface area contributed by atoms with E-state index in [0.717, 1.165) is 5.56 Å². The summed E-state index contributed by atoms with van der Waals surface area (Å²) < 4.78 is -1.36. The van der Waals surface area contributed by atoms with Crippen LogP contribution in [0.5, 0.6) is 0 Å². The summed E-state index contributed by atoms with van der Waals surface area (Å²) in [6, 6.07) is 7.18. The van der Waals surface area contributed by atoms with Crippen LogP contribution in [0.4, 0.5) is 0 Å². The molecular formula is C9H9Cl3O. The van der Waals surface area contributed by atoms with E-state index in [2.05, 4.69) is 0 Å². The molecule has 0 unspecified atom stereocenters. The van der Waals surface area contributed by atoms with Gasteiger partial charge in [0.15, 0.2) is 0 Å². The van der Waals surface area contributed by atoms with Gasteiger partial charge >= 0.3 is 0 Å². The lowest BCUT2D eigenvalue weighted by Gasteiger charge is -2.11. The zero-order valence-electron chi connectivity index (χ0n) is 6.80. The van der Waals surface area contributed by atoms with Crippen molar-refractivity contribution in [2.45, 2.75) is 10.2 Å². The highest BCUT2D eigenvalue weighted by atomic mass is 35.6. The molecule has 0 aliphatic heterocycles. The molecule has 0 aromatic heterocycles. The predicted octanol–water partition coefficient (Wildman–Crippen LogP) is 3.05. The summed E-state index contributed by atoms with van der Waals surface area (Å²) in [7, 11) is 0. The molecule has 1 aromatic rings. The number of rotatable bonds is 2. The second kappa shape index (κ2) is 4.52. The first-order valence-electron chi connectivity index (χ1n) is 3.81. The first-order valence-corrected chi connectivity index (χ1v) is 4.94. The minimum atomic E-state index is -1.36. The number of hydrogen-bond donors (Lipinski definition) is 1. The van der Waals surface area contributed by atoms with Crippen molar-refractivity contribution in [2.24, 2.45) is 0 Å². The molecule has 0 atom stereocenters. The van der Waals surface area contributed by atoms with Gasteiger partial charge in [-0.2, -0.15) is 0 Å². The van der Waals surface area contributed by atoms with Gasteiger partial charge in [-0.25, -0.2) is 0 Å². The van der Waals surface area contributed by atoms with Gasteiger partial charge in [-0.05, 0) is 12.0 Å². The van der Waals surface area contributed by atoms with Gasteiger partial charge in [0.05, 0.1) is 0 Å². The standard InChI is InChI=1S/C9H9Cl3O/c10-9(11,12)8-3-1-7(2-4-8)5-6-13/h1-4,13H,5-6H2. The van der Waals surface area contributed by atoms with Gasteiger partial charge in [-0.15, -0.1) is 0 Å². The summed E-state index contributed by atoms with van der Waals surface area (Å²) in [6.07, 6.45) is 0.625. The van der Waals surface area contributed by atoms with Crippen LogP contribution in [0.25, 0.3) is 0 Å². The molecule has 0 radical (unpaired) electrons.